The predicted octanol–water partition coefficient (Wildman–Crippen LogP) is 5.54. The third kappa shape index (κ3) is 5.03. The summed E-state index contributed by atoms with van der Waals surface area (Å²) in [4.78, 5) is 0. The van der Waals surface area contributed by atoms with Gasteiger partial charge in [-0.15, -0.1) is 0 Å². The van der Waals surface area contributed by atoms with Gasteiger partial charge in [0.2, 0.25) is 0 Å². The molecule has 0 aromatic heterocycles. The van der Waals surface area contributed by atoms with Gasteiger partial charge in [-0.3, -0.25) is 0 Å². The van der Waals surface area contributed by atoms with Gasteiger partial charge in [0, 0.05) is 10.4 Å². The molecule has 0 saturated heterocycles. The van der Waals surface area contributed by atoms with Crippen molar-refractivity contribution in [1.82, 2.24) is 0 Å². The molecule has 1 aromatic carbocycles. The number of hydrogen-bond donors (Lipinski definition) is 1. The van der Waals surface area contributed by atoms with Gasteiger partial charge in [-0.25, -0.2) is 0 Å². The summed E-state index contributed by atoms with van der Waals surface area (Å²) in [5.74, 6) is 2.74. The maximum Gasteiger partial charge on any atom is 0.122 e. The first kappa shape index (κ1) is 16.9. The van der Waals surface area contributed by atoms with Crippen molar-refractivity contribution in [3.63, 3.8) is 0 Å². The molecule has 19 heavy (non-hydrogen) atoms. The first-order chi connectivity index (χ1) is 8.75. The first-order valence-electron chi connectivity index (χ1n) is 6.78. The molecule has 0 aliphatic rings. The van der Waals surface area contributed by atoms with E-state index in [1.54, 1.807) is 0 Å². The Balaban J connectivity index is 2.83. The third-order valence-electron chi connectivity index (χ3n) is 3.48. The van der Waals surface area contributed by atoms with Gasteiger partial charge in [-0.2, -0.15) is 12.6 Å². The fraction of sp³-hybridized carbons (Fsp3) is 0.625. The van der Waals surface area contributed by atoms with Gasteiger partial charge in [0.25, 0.3) is 0 Å². The zero-order valence-corrected chi connectivity index (χ0v) is 15.0. The third-order valence-corrected chi connectivity index (χ3v) is 4.41. The quantitative estimate of drug-likeness (QED) is 0.689. The summed E-state index contributed by atoms with van der Waals surface area (Å²) in [6.07, 6.45) is 0. The van der Waals surface area contributed by atoms with E-state index < -0.39 is 0 Å². The van der Waals surface area contributed by atoms with Crippen molar-refractivity contribution in [2.24, 2.45) is 11.3 Å². The fourth-order valence-corrected chi connectivity index (χ4v) is 2.90. The summed E-state index contributed by atoms with van der Waals surface area (Å²) in [6, 6.07) is 6.23. The van der Waals surface area contributed by atoms with Crippen molar-refractivity contribution in [2.75, 3.05) is 12.4 Å². The van der Waals surface area contributed by atoms with Crippen molar-refractivity contribution in [1.29, 1.82) is 0 Å². The van der Waals surface area contributed by atoms with E-state index >= 15 is 0 Å². The highest BCUT2D eigenvalue weighted by atomic mass is 79.9. The lowest BCUT2D eigenvalue weighted by atomic mass is 9.82. The average Bonchev–Trinajstić information content (AvgIpc) is 2.29. The summed E-state index contributed by atoms with van der Waals surface area (Å²) < 4.78 is 7.17. The standard InChI is InChI=1S/C16H25BrOS/c1-11(2)14-8-13(17)6-7-15(14)18-9-12(10-19)16(3,4)5/h6-8,11-12,19H,9-10H2,1-5H3. The van der Waals surface area contributed by atoms with Crippen LogP contribution >= 0.6 is 28.6 Å². The SMILES string of the molecule is CC(C)c1cc(Br)ccc1OCC(CS)C(C)(C)C. The number of benzene rings is 1. The second-order valence-electron chi connectivity index (χ2n) is 6.39. The average molecular weight is 345 g/mol. The highest BCUT2D eigenvalue weighted by Gasteiger charge is 2.24. The maximum atomic E-state index is 6.06. The summed E-state index contributed by atoms with van der Waals surface area (Å²) in [7, 11) is 0. The number of ether oxygens (including phenoxy) is 1. The van der Waals surface area contributed by atoms with Crippen LogP contribution in [0.1, 0.15) is 46.1 Å². The van der Waals surface area contributed by atoms with Crippen LogP contribution in [0.15, 0.2) is 22.7 Å². The van der Waals surface area contributed by atoms with Gasteiger partial charge >= 0.3 is 0 Å². The first-order valence-corrected chi connectivity index (χ1v) is 8.21. The lowest BCUT2D eigenvalue weighted by molar-refractivity contribution is 0.164. The molecule has 1 nitrogen and oxygen atoms in total. The van der Waals surface area contributed by atoms with E-state index in [1.807, 2.05) is 6.07 Å². The van der Waals surface area contributed by atoms with Gasteiger partial charge in [-0.05, 0) is 40.8 Å². The molecule has 0 aliphatic carbocycles. The molecule has 0 radical (unpaired) electrons. The van der Waals surface area contributed by atoms with Gasteiger partial charge in [0.05, 0.1) is 6.61 Å². The van der Waals surface area contributed by atoms with Crippen LogP contribution in [-0.4, -0.2) is 12.4 Å². The molecule has 108 valence electrons. The number of thiol groups is 1. The Morgan fingerprint density at radius 1 is 1.26 bits per heavy atom. The molecule has 0 fully saturated rings. The van der Waals surface area contributed by atoms with Crippen LogP contribution in [0, 0.1) is 11.3 Å². The minimum atomic E-state index is 0.217. The van der Waals surface area contributed by atoms with E-state index in [9.17, 15) is 0 Å². The summed E-state index contributed by atoms with van der Waals surface area (Å²) >= 11 is 7.97. The van der Waals surface area contributed by atoms with Gasteiger partial charge in [0.1, 0.15) is 5.75 Å². The molecule has 1 unspecified atom stereocenters. The summed E-state index contributed by atoms with van der Waals surface area (Å²) in [5.41, 5.74) is 1.47. The van der Waals surface area contributed by atoms with Crippen molar-refractivity contribution >= 4 is 28.6 Å². The normalized spacial score (nSPS) is 13.7. The molecule has 3 heteroatoms. The molecular weight excluding hydrogens is 320 g/mol. The highest BCUT2D eigenvalue weighted by Crippen LogP contribution is 2.32. The van der Waals surface area contributed by atoms with E-state index in [0.29, 0.717) is 18.4 Å². The Morgan fingerprint density at radius 3 is 2.37 bits per heavy atom. The van der Waals surface area contributed by atoms with Crippen LogP contribution in [-0.2, 0) is 0 Å². The predicted molar refractivity (Wildman–Crippen MR) is 90.5 cm³/mol. The van der Waals surface area contributed by atoms with Crippen LogP contribution in [0.2, 0.25) is 0 Å². The Hall–Kier alpha value is -0.150. The molecule has 1 atom stereocenters. The molecule has 0 aliphatic heterocycles. The summed E-state index contributed by atoms with van der Waals surface area (Å²) in [5, 5.41) is 0. The van der Waals surface area contributed by atoms with Crippen LogP contribution in [0.3, 0.4) is 0 Å². The van der Waals surface area contributed by atoms with E-state index in [1.165, 1.54) is 5.56 Å². The van der Waals surface area contributed by atoms with Crippen LogP contribution in [0.4, 0.5) is 0 Å². The summed E-state index contributed by atoms with van der Waals surface area (Å²) in [6.45, 7) is 11.8. The van der Waals surface area contributed by atoms with Crippen LogP contribution in [0.5, 0.6) is 5.75 Å². The van der Waals surface area contributed by atoms with Crippen molar-refractivity contribution in [3.8, 4) is 5.75 Å². The zero-order valence-electron chi connectivity index (χ0n) is 12.5. The van der Waals surface area contributed by atoms with Crippen molar-refractivity contribution in [3.05, 3.63) is 28.2 Å². The lowest BCUT2D eigenvalue weighted by Gasteiger charge is -2.29. The maximum absolute atomic E-state index is 6.06. The second kappa shape index (κ2) is 7.03. The van der Waals surface area contributed by atoms with Crippen LogP contribution < -0.4 is 4.74 Å². The molecule has 0 spiro atoms. The Bertz CT molecular complexity index is 410. The number of hydrogen-bond acceptors (Lipinski definition) is 2. The largest absolute Gasteiger partial charge is 0.493 e. The van der Waals surface area contributed by atoms with E-state index in [2.05, 4.69) is 75.3 Å². The highest BCUT2D eigenvalue weighted by molar-refractivity contribution is 9.10. The topological polar surface area (TPSA) is 9.23 Å². The molecule has 0 bridgehead atoms. The fourth-order valence-electron chi connectivity index (χ4n) is 1.87. The lowest BCUT2D eigenvalue weighted by Crippen LogP contribution is -2.28. The Kier molecular flexibility index (Phi) is 6.25. The minimum Gasteiger partial charge on any atom is -0.493 e. The second-order valence-corrected chi connectivity index (χ2v) is 7.67. The molecule has 1 rings (SSSR count). The molecule has 0 saturated carbocycles. The van der Waals surface area contributed by atoms with E-state index in [0.717, 1.165) is 16.0 Å². The minimum absolute atomic E-state index is 0.217. The number of rotatable bonds is 5. The Labute approximate surface area is 131 Å². The number of halogens is 1. The smallest absolute Gasteiger partial charge is 0.122 e. The Morgan fingerprint density at radius 2 is 1.89 bits per heavy atom. The van der Waals surface area contributed by atoms with Crippen LogP contribution in [0.25, 0.3) is 0 Å². The van der Waals surface area contributed by atoms with Gasteiger partial charge < -0.3 is 4.74 Å². The van der Waals surface area contributed by atoms with E-state index in [-0.39, 0.29) is 5.41 Å². The molecule has 0 heterocycles. The monoisotopic (exact) mass is 344 g/mol. The van der Waals surface area contributed by atoms with Crippen molar-refractivity contribution < 1.29 is 4.74 Å². The molecular formula is C16H25BrOS. The van der Waals surface area contributed by atoms with Gasteiger partial charge in [0.15, 0.2) is 0 Å². The zero-order chi connectivity index (χ0) is 14.6. The molecule has 0 N–H and O–H groups in total. The molecule has 1 aromatic rings. The molecule has 0 amide bonds. The van der Waals surface area contributed by atoms with Crippen molar-refractivity contribution in [2.45, 2.75) is 40.5 Å². The van der Waals surface area contributed by atoms with E-state index in [4.69, 9.17) is 4.74 Å². The van der Waals surface area contributed by atoms with Gasteiger partial charge in [-0.1, -0.05) is 50.5 Å².